The van der Waals surface area contributed by atoms with Crippen molar-refractivity contribution in [3.8, 4) is 17.1 Å². The van der Waals surface area contributed by atoms with Gasteiger partial charge in [-0.3, -0.25) is 14.3 Å². The molecule has 6 heteroatoms. The summed E-state index contributed by atoms with van der Waals surface area (Å²) in [6.07, 6.45) is 8.29. The van der Waals surface area contributed by atoms with Crippen LogP contribution in [0.2, 0.25) is 0 Å². The van der Waals surface area contributed by atoms with Crippen molar-refractivity contribution >= 4 is 10.9 Å². The van der Waals surface area contributed by atoms with Gasteiger partial charge in [0.1, 0.15) is 11.6 Å². The SMILES string of the molecule is Cn1c(-c2ccc(OCCCN3CCCCC3)cc2)nc2cnccc2c1=O. The van der Waals surface area contributed by atoms with E-state index in [1.165, 1.54) is 32.4 Å². The zero-order valence-electron chi connectivity index (χ0n) is 16.3. The first-order valence-electron chi connectivity index (χ1n) is 9.99. The molecule has 0 bridgehead atoms. The Kier molecular flexibility index (Phi) is 5.67. The molecule has 1 aliphatic heterocycles. The van der Waals surface area contributed by atoms with Gasteiger partial charge in [-0.1, -0.05) is 6.42 Å². The third-order valence-corrected chi connectivity index (χ3v) is 5.33. The minimum absolute atomic E-state index is 0.0690. The molecule has 1 fully saturated rings. The van der Waals surface area contributed by atoms with Crippen LogP contribution in [0.4, 0.5) is 0 Å². The molecule has 0 radical (unpaired) electrons. The van der Waals surface area contributed by atoms with Gasteiger partial charge in [0, 0.05) is 25.4 Å². The maximum atomic E-state index is 12.6. The first-order valence-corrected chi connectivity index (χ1v) is 9.99. The second-order valence-electron chi connectivity index (χ2n) is 7.32. The van der Waals surface area contributed by atoms with Crippen LogP contribution in [-0.4, -0.2) is 45.7 Å². The van der Waals surface area contributed by atoms with Crippen molar-refractivity contribution in [1.82, 2.24) is 19.4 Å². The molecule has 28 heavy (non-hydrogen) atoms. The molecule has 1 aromatic carbocycles. The minimum atomic E-state index is -0.0690. The molecule has 146 valence electrons. The molecule has 3 heterocycles. The lowest BCUT2D eigenvalue weighted by molar-refractivity contribution is 0.205. The van der Waals surface area contributed by atoms with E-state index in [9.17, 15) is 4.79 Å². The fraction of sp³-hybridized carbons (Fsp3) is 0.409. The number of pyridine rings is 1. The van der Waals surface area contributed by atoms with Gasteiger partial charge in [0.2, 0.25) is 0 Å². The monoisotopic (exact) mass is 378 g/mol. The molecular formula is C22H26N4O2. The third kappa shape index (κ3) is 4.07. The number of aromatic nitrogens is 3. The highest BCUT2D eigenvalue weighted by Gasteiger charge is 2.11. The Bertz CT molecular complexity index is 992. The lowest BCUT2D eigenvalue weighted by atomic mass is 10.1. The Morgan fingerprint density at radius 3 is 2.64 bits per heavy atom. The molecule has 0 aliphatic carbocycles. The van der Waals surface area contributed by atoms with Crippen LogP contribution in [0.3, 0.4) is 0 Å². The zero-order chi connectivity index (χ0) is 19.3. The van der Waals surface area contributed by atoms with E-state index in [4.69, 9.17) is 4.74 Å². The summed E-state index contributed by atoms with van der Waals surface area (Å²) in [6.45, 7) is 4.27. The normalized spacial score (nSPS) is 15.0. The van der Waals surface area contributed by atoms with E-state index in [2.05, 4.69) is 14.9 Å². The summed E-state index contributed by atoms with van der Waals surface area (Å²) in [4.78, 5) is 23.8. The number of benzene rings is 1. The van der Waals surface area contributed by atoms with Crippen LogP contribution >= 0.6 is 0 Å². The smallest absolute Gasteiger partial charge is 0.261 e. The van der Waals surface area contributed by atoms with Crippen LogP contribution in [0.1, 0.15) is 25.7 Å². The predicted molar refractivity (Wildman–Crippen MR) is 111 cm³/mol. The molecule has 0 atom stereocenters. The quantitative estimate of drug-likeness (QED) is 0.616. The number of fused-ring (bicyclic) bond motifs is 1. The van der Waals surface area contributed by atoms with Gasteiger partial charge >= 0.3 is 0 Å². The molecule has 0 saturated carbocycles. The first-order chi connectivity index (χ1) is 13.7. The van der Waals surface area contributed by atoms with Crippen molar-refractivity contribution in [3.63, 3.8) is 0 Å². The summed E-state index contributed by atoms with van der Waals surface area (Å²) >= 11 is 0. The van der Waals surface area contributed by atoms with E-state index in [0.717, 1.165) is 24.3 Å². The van der Waals surface area contributed by atoms with Crippen molar-refractivity contribution < 1.29 is 4.74 Å². The number of ether oxygens (including phenoxy) is 1. The van der Waals surface area contributed by atoms with Gasteiger partial charge in [0.15, 0.2) is 0 Å². The molecule has 0 N–H and O–H groups in total. The molecule has 0 amide bonds. The van der Waals surface area contributed by atoms with Gasteiger partial charge in [0.25, 0.3) is 5.56 Å². The van der Waals surface area contributed by atoms with Crippen LogP contribution in [0, 0.1) is 0 Å². The van der Waals surface area contributed by atoms with Crippen LogP contribution in [0.25, 0.3) is 22.3 Å². The van der Waals surface area contributed by atoms with Gasteiger partial charge in [-0.15, -0.1) is 0 Å². The molecule has 6 nitrogen and oxygen atoms in total. The van der Waals surface area contributed by atoms with E-state index in [0.29, 0.717) is 23.3 Å². The van der Waals surface area contributed by atoms with Gasteiger partial charge in [-0.05, 0) is 62.7 Å². The average molecular weight is 378 g/mol. The second kappa shape index (κ2) is 8.52. The van der Waals surface area contributed by atoms with E-state index in [-0.39, 0.29) is 5.56 Å². The van der Waals surface area contributed by atoms with E-state index in [1.54, 1.807) is 30.1 Å². The predicted octanol–water partition coefficient (Wildman–Crippen LogP) is 3.25. The summed E-state index contributed by atoms with van der Waals surface area (Å²) in [5, 5.41) is 0.579. The maximum Gasteiger partial charge on any atom is 0.261 e. The largest absolute Gasteiger partial charge is 0.494 e. The molecule has 2 aromatic heterocycles. The Hall–Kier alpha value is -2.73. The highest BCUT2D eigenvalue weighted by atomic mass is 16.5. The fourth-order valence-electron chi connectivity index (χ4n) is 3.74. The number of hydrogen-bond donors (Lipinski definition) is 0. The van der Waals surface area contributed by atoms with Crippen molar-refractivity contribution in [3.05, 3.63) is 53.1 Å². The Morgan fingerprint density at radius 1 is 1.07 bits per heavy atom. The Labute approximate surface area is 164 Å². The standard InChI is InChI=1S/C22H26N4O2/c1-25-21(24-20-16-23-11-10-19(20)22(25)27)17-6-8-18(9-7-17)28-15-5-14-26-12-3-2-4-13-26/h6-11,16H,2-5,12-15H2,1H3. The summed E-state index contributed by atoms with van der Waals surface area (Å²) in [5.41, 5.74) is 1.42. The number of rotatable bonds is 6. The zero-order valence-corrected chi connectivity index (χ0v) is 16.3. The van der Waals surface area contributed by atoms with Crippen LogP contribution in [0.15, 0.2) is 47.5 Å². The number of piperidine rings is 1. The Balaban J connectivity index is 1.41. The van der Waals surface area contributed by atoms with E-state index < -0.39 is 0 Å². The summed E-state index contributed by atoms with van der Waals surface area (Å²) < 4.78 is 7.47. The Morgan fingerprint density at radius 2 is 1.86 bits per heavy atom. The molecular weight excluding hydrogens is 352 g/mol. The molecule has 1 saturated heterocycles. The summed E-state index contributed by atoms with van der Waals surface area (Å²) in [5.74, 6) is 1.47. The highest BCUT2D eigenvalue weighted by molar-refractivity contribution is 5.78. The molecule has 4 rings (SSSR count). The average Bonchev–Trinajstić information content (AvgIpc) is 2.75. The lowest BCUT2D eigenvalue weighted by Gasteiger charge is -2.26. The summed E-state index contributed by atoms with van der Waals surface area (Å²) in [6, 6.07) is 9.48. The molecule has 0 spiro atoms. The van der Waals surface area contributed by atoms with Gasteiger partial charge in [-0.2, -0.15) is 0 Å². The topological polar surface area (TPSA) is 60.2 Å². The van der Waals surface area contributed by atoms with Crippen molar-refractivity contribution in [2.24, 2.45) is 7.05 Å². The number of nitrogens with zero attached hydrogens (tertiary/aromatic N) is 4. The van der Waals surface area contributed by atoms with Crippen molar-refractivity contribution in [2.45, 2.75) is 25.7 Å². The number of hydrogen-bond acceptors (Lipinski definition) is 5. The van der Waals surface area contributed by atoms with Gasteiger partial charge in [-0.25, -0.2) is 4.98 Å². The maximum absolute atomic E-state index is 12.6. The second-order valence-corrected chi connectivity index (χ2v) is 7.32. The molecule has 1 aliphatic rings. The third-order valence-electron chi connectivity index (χ3n) is 5.33. The van der Waals surface area contributed by atoms with E-state index >= 15 is 0 Å². The lowest BCUT2D eigenvalue weighted by Crippen LogP contribution is -2.31. The van der Waals surface area contributed by atoms with Crippen molar-refractivity contribution in [2.75, 3.05) is 26.2 Å². The van der Waals surface area contributed by atoms with Crippen LogP contribution in [0.5, 0.6) is 5.75 Å². The first kappa shape index (κ1) is 18.6. The van der Waals surface area contributed by atoms with E-state index in [1.807, 2.05) is 24.3 Å². The van der Waals surface area contributed by atoms with Crippen LogP contribution < -0.4 is 10.3 Å². The molecule has 3 aromatic rings. The minimum Gasteiger partial charge on any atom is -0.494 e. The van der Waals surface area contributed by atoms with Crippen molar-refractivity contribution in [1.29, 1.82) is 0 Å². The number of likely N-dealkylation sites (tertiary alicyclic amines) is 1. The van der Waals surface area contributed by atoms with Gasteiger partial charge < -0.3 is 9.64 Å². The van der Waals surface area contributed by atoms with Gasteiger partial charge in [0.05, 0.1) is 23.7 Å². The summed E-state index contributed by atoms with van der Waals surface area (Å²) in [7, 11) is 1.75. The fourth-order valence-corrected chi connectivity index (χ4v) is 3.74. The molecule has 0 unspecified atom stereocenters. The highest BCUT2D eigenvalue weighted by Crippen LogP contribution is 2.21. The van der Waals surface area contributed by atoms with Crippen LogP contribution in [-0.2, 0) is 7.05 Å².